The van der Waals surface area contributed by atoms with Gasteiger partial charge < -0.3 is 4.74 Å². The fraction of sp³-hybridized carbons (Fsp3) is 0.500. The van der Waals surface area contributed by atoms with Crippen LogP contribution in [0.1, 0.15) is 38.2 Å². The Hall–Kier alpha value is -1.31. The zero-order valence-electron chi connectivity index (χ0n) is 10.3. The third-order valence-corrected chi connectivity index (χ3v) is 3.13. The van der Waals surface area contributed by atoms with Crippen molar-refractivity contribution in [3.63, 3.8) is 0 Å². The quantitative estimate of drug-likeness (QED) is 0.711. The third kappa shape index (κ3) is 2.84. The zero-order chi connectivity index (χ0) is 12.0. The summed E-state index contributed by atoms with van der Waals surface area (Å²) in [4.78, 5) is 11.8. The third-order valence-electron chi connectivity index (χ3n) is 3.13. The number of ether oxygens (including phenoxy) is 1. The molecular formula is C14H20O2. The van der Waals surface area contributed by atoms with Gasteiger partial charge in [0.05, 0.1) is 13.0 Å². The number of esters is 1. The molecule has 2 nitrogen and oxygen atoms in total. The standard InChI is InChI=1S/C14H20O2/c1-4-11(5-2)13(14(15)16-3)12-9-7-6-8-10-12/h6-11,13H,4-5H2,1-3H3. The van der Waals surface area contributed by atoms with E-state index < -0.39 is 0 Å². The molecule has 1 rings (SSSR count). The molecule has 0 aliphatic carbocycles. The molecule has 1 unspecified atom stereocenters. The van der Waals surface area contributed by atoms with Gasteiger partial charge in [-0.3, -0.25) is 4.79 Å². The number of methoxy groups -OCH3 is 1. The zero-order valence-corrected chi connectivity index (χ0v) is 10.3. The van der Waals surface area contributed by atoms with E-state index in [4.69, 9.17) is 4.74 Å². The van der Waals surface area contributed by atoms with Crippen LogP contribution in [-0.4, -0.2) is 13.1 Å². The number of hydrogen-bond donors (Lipinski definition) is 0. The van der Waals surface area contributed by atoms with Crippen molar-refractivity contribution >= 4 is 5.97 Å². The van der Waals surface area contributed by atoms with Crippen LogP contribution in [-0.2, 0) is 9.53 Å². The van der Waals surface area contributed by atoms with Crippen molar-refractivity contribution in [1.82, 2.24) is 0 Å². The Morgan fingerprint density at radius 2 is 1.75 bits per heavy atom. The smallest absolute Gasteiger partial charge is 0.313 e. The summed E-state index contributed by atoms with van der Waals surface area (Å²) in [7, 11) is 1.46. The summed E-state index contributed by atoms with van der Waals surface area (Å²) < 4.78 is 4.91. The lowest BCUT2D eigenvalue weighted by Crippen LogP contribution is -2.22. The molecule has 0 radical (unpaired) electrons. The van der Waals surface area contributed by atoms with E-state index in [1.165, 1.54) is 7.11 Å². The molecule has 0 saturated carbocycles. The summed E-state index contributed by atoms with van der Waals surface area (Å²) >= 11 is 0. The molecule has 2 heteroatoms. The minimum Gasteiger partial charge on any atom is -0.469 e. The van der Waals surface area contributed by atoms with E-state index >= 15 is 0 Å². The second-order valence-corrected chi connectivity index (χ2v) is 3.99. The summed E-state index contributed by atoms with van der Waals surface area (Å²) in [6.45, 7) is 4.24. The molecular weight excluding hydrogens is 200 g/mol. The summed E-state index contributed by atoms with van der Waals surface area (Å²) in [5, 5.41) is 0. The highest BCUT2D eigenvalue weighted by molar-refractivity contribution is 5.78. The highest BCUT2D eigenvalue weighted by atomic mass is 16.5. The van der Waals surface area contributed by atoms with Gasteiger partial charge in [0.2, 0.25) is 0 Å². The predicted molar refractivity (Wildman–Crippen MR) is 65.3 cm³/mol. The van der Waals surface area contributed by atoms with Crippen LogP contribution in [0.4, 0.5) is 0 Å². The van der Waals surface area contributed by atoms with Gasteiger partial charge in [0, 0.05) is 0 Å². The second-order valence-electron chi connectivity index (χ2n) is 3.99. The Bertz CT molecular complexity index is 315. The SMILES string of the molecule is CCC(CC)C(C(=O)OC)c1ccccc1. The molecule has 1 aromatic carbocycles. The van der Waals surface area contributed by atoms with Crippen LogP contribution in [0, 0.1) is 5.92 Å². The van der Waals surface area contributed by atoms with E-state index in [0.29, 0.717) is 5.92 Å². The topological polar surface area (TPSA) is 26.3 Å². The lowest BCUT2D eigenvalue weighted by Gasteiger charge is -2.23. The molecule has 0 aliphatic rings. The maximum Gasteiger partial charge on any atom is 0.313 e. The molecule has 1 atom stereocenters. The van der Waals surface area contributed by atoms with Gasteiger partial charge in [-0.15, -0.1) is 0 Å². The summed E-state index contributed by atoms with van der Waals surface area (Å²) in [6, 6.07) is 9.89. The number of hydrogen-bond acceptors (Lipinski definition) is 2. The van der Waals surface area contributed by atoms with Gasteiger partial charge in [0.15, 0.2) is 0 Å². The molecule has 0 spiro atoms. The molecule has 0 aliphatic heterocycles. The monoisotopic (exact) mass is 220 g/mol. The molecule has 0 saturated heterocycles. The Morgan fingerprint density at radius 1 is 1.19 bits per heavy atom. The average Bonchev–Trinajstić information content (AvgIpc) is 2.36. The van der Waals surface area contributed by atoms with Crippen LogP contribution < -0.4 is 0 Å². The highest BCUT2D eigenvalue weighted by Crippen LogP contribution is 2.30. The van der Waals surface area contributed by atoms with Crippen molar-refractivity contribution in [2.24, 2.45) is 5.92 Å². The van der Waals surface area contributed by atoms with Crippen molar-refractivity contribution in [3.05, 3.63) is 35.9 Å². The van der Waals surface area contributed by atoms with Crippen LogP contribution in [0.3, 0.4) is 0 Å². The Labute approximate surface area is 97.6 Å². The first-order valence-electron chi connectivity index (χ1n) is 5.87. The van der Waals surface area contributed by atoms with Crippen molar-refractivity contribution in [3.8, 4) is 0 Å². The Morgan fingerprint density at radius 3 is 2.19 bits per heavy atom. The Balaban J connectivity index is 3.00. The minimum atomic E-state index is -0.125. The minimum absolute atomic E-state index is 0.124. The highest BCUT2D eigenvalue weighted by Gasteiger charge is 2.28. The summed E-state index contributed by atoms with van der Waals surface area (Å²) in [5.41, 5.74) is 1.06. The fourth-order valence-electron chi connectivity index (χ4n) is 2.15. The average molecular weight is 220 g/mol. The van der Waals surface area contributed by atoms with E-state index in [2.05, 4.69) is 13.8 Å². The number of benzene rings is 1. The van der Waals surface area contributed by atoms with Crippen LogP contribution in [0.5, 0.6) is 0 Å². The van der Waals surface area contributed by atoms with Gasteiger partial charge >= 0.3 is 5.97 Å². The number of carbonyl (C=O) groups is 1. The summed E-state index contributed by atoms with van der Waals surface area (Å²) in [6.07, 6.45) is 1.98. The first kappa shape index (κ1) is 12.8. The molecule has 88 valence electrons. The van der Waals surface area contributed by atoms with Gasteiger partial charge in [-0.25, -0.2) is 0 Å². The van der Waals surface area contributed by atoms with Crippen LogP contribution in [0.2, 0.25) is 0 Å². The number of carbonyl (C=O) groups excluding carboxylic acids is 1. The van der Waals surface area contributed by atoms with Crippen molar-refractivity contribution in [2.45, 2.75) is 32.6 Å². The fourth-order valence-corrected chi connectivity index (χ4v) is 2.15. The van der Waals surface area contributed by atoms with Gasteiger partial charge in [0.1, 0.15) is 0 Å². The van der Waals surface area contributed by atoms with E-state index in [-0.39, 0.29) is 11.9 Å². The first-order valence-corrected chi connectivity index (χ1v) is 5.87. The molecule has 1 aromatic rings. The van der Waals surface area contributed by atoms with Crippen molar-refractivity contribution in [1.29, 1.82) is 0 Å². The Kier molecular flexibility index (Phi) is 5.03. The molecule has 0 N–H and O–H groups in total. The van der Waals surface area contributed by atoms with Crippen LogP contribution in [0.25, 0.3) is 0 Å². The van der Waals surface area contributed by atoms with Gasteiger partial charge in [0.25, 0.3) is 0 Å². The molecule has 0 aromatic heterocycles. The van der Waals surface area contributed by atoms with E-state index in [0.717, 1.165) is 18.4 Å². The molecule has 16 heavy (non-hydrogen) atoms. The van der Waals surface area contributed by atoms with Crippen LogP contribution >= 0.6 is 0 Å². The molecule has 0 fully saturated rings. The van der Waals surface area contributed by atoms with Gasteiger partial charge in [-0.05, 0) is 11.5 Å². The molecule has 0 heterocycles. The van der Waals surface area contributed by atoms with Crippen molar-refractivity contribution < 1.29 is 9.53 Å². The second kappa shape index (κ2) is 6.31. The lowest BCUT2D eigenvalue weighted by molar-refractivity contribution is -0.144. The lowest BCUT2D eigenvalue weighted by atomic mass is 9.83. The van der Waals surface area contributed by atoms with Gasteiger partial charge in [-0.2, -0.15) is 0 Å². The van der Waals surface area contributed by atoms with Crippen LogP contribution in [0.15, 0.2) is 30.3 Å². The maximum absolute atomic E-state index is 11.8. The largest absolute Gasteiger partial charge is 0.469 e. The van der Waals surface area contributed by atoms with Gasteiger partial charge in [-0.1, -0.05) is 57.0 Å². The first-order chi connectivity index (χ1) is 7.74. The maximum atomic E-state index is 11.8. The molecule has 0 amide bonds. The van der Waals surface area contributed by atoms with E-state index in [9.17, 15) is 4.79 Å². The van der Waals surface area contributed by atoms with E-state index in [1.807, 2.05) is 30.3 Å². The predicted octanol–water partition coefficient (Wildman–Crippen LogP) is 3.38. The molecule has 0 bridgehead atoms. The van der Waals surface area contributed by atoms with Crippen molar-refractivity contribution in [2.75, 3.05) is 7.11 Å². The summed E-state index contributed by atoms with van der Waals surface area (Å²) in [5.74, 6) is 0.107. The normalized spacial score (nSPS) is 12.5. The van der Waals surface area contributed by atoms with E-state index in [1.54, 1.807) is 0 Å². The number of rotatable bonds is 5.